The minimum absolute atomic E-state index is 0.281. The van der Waals surface area contributed by atoms with Crippen molar-refractivity contribution in [1.29, 1.82) is 0 Å². The Balaban J connectivity index is 1.55. The van der Waals surface area contributed by atoms with Gasteiger partial charge in [-0.25, -0.2) is 0 Å². The molecule has 0 aliphatic carbocycles. The zero-order valence-electron chi connectivity index (χ0n) is 12.8. The zero-order chi connectivity index (χ0) is 15.9. The summed E-state index contributed by atoms with van der Waals surface area (Å²) in [6.45, 7) is 1.80. The third-order valence-electron chi connectivity index (χ3n) is 3.51. The van der Waals surface area contributed by atoms with E-state index in [1.807, 2.05) is 53.1 Å². The highest BCUT2D eigenvalue weighted by molar-refractivity contribution is 5.37. The number of fused-ring (bicyclic) bond motifs is 1. The number of nitrogens with zero attached hydrogens (tertiary/aromatic N) is 3. The minimum atomic E-state index is 0.281. The molecule has 0 radical (unpaired) electrons. The average molecular weight is 306 g/mol. The van der Waals surface area contributed by atoms with Crippen molar-refractivity contribution in [2.24, 2.45) is 0 Å². The van der Waals surface area contributed by atoms with Crippen molar-refractivity contribution in [3.63, 3.8) is 0 Å². The van der Waals surface area contributed by atoms with E-state index in [9.17, 15) is 0 Å². The quantitative estimate of drug-likeness (QED) is 0.536. The molecule has 0 aliphatic heterocycles. The maximum atomic E-state index is 5.54. The number of hydrogen-bond donors (Lipinski definition) is 1. The highest BCUT2D eigenvalue weighted by Crippen LogP contribution is 2.17. The summed E-state index contributed by atoms with van der Waals surface area (Å²) in [6.07, 6.45) is 8.03. The van der Waals surface area contributed by atoms with E-state index in [0.717, 1.165) is 42.3 Å². The standard InChI is InChI=1S/C18H18N4O/c1-2-13-23-16-8-4-3-7-15(16)14-19-11-10-18-21-20-17-9-5-6-12-22(17)18/h1,3-9,12,19H,10-11,13-14H2. The molecule has 5 heteroatoms. The molecular formula is C18H18N4O. The first-order valence-corrected chi connectivity index (χ1v) is 7.52. The Morgan fingerprint density at radius 1 is 1.13 bits per heavy atom. The lowest BCUT2D eigenvalue weighted by molar-refractivity contribution is 0.365. The van der Waals surface area contributed by atoms with Crippen LogP contribution in [0, 0.1) is 12.3 Å². The van der Waals surface area contributed by atoms with Gasteiger partial charge in [0.05, 0.1) is 0 Å². The molecule has 23 heavy (non-hydrogen) atoms. The van der Waals surface area contributed by atoms with Crippen LogP contribution >= 0.6 is 0 Å². The molecule has 3 aromatic rings. The van der Waals surface area contributed by atoms with E-state index in [2.05, 4.69) is 21.4 Å². The number of ether oxygens (including phenoxy) is 1. The van der Waals surface area contributed by atoms with Crippen LogP contribution in [-0.2, 0) is 13.0 Å². The summed E-state index contributed by atoms with van der Waals surface area (Å²) in [5, 5.41) is 11.8. The molecule has 1 N–H and O–H groups in total. The van der Waals surface area contributed by atoms with Crippen LogP contribution in [0.25, 0.3) is 5.65 Å². The number of hydrogen-bond acceptors (Lipinski definition) is 4. The topological polar surface area (TPSA) is 51.5 Å². The van der Waals surface area contributed by atoms with E-state index in [1.165, 1.54) is 0 Å². The van der Waals surface area contributed by atoms with Gasteiger partial charge in [-0.2, -0.15) is 0 Å². The Labute approximate surface area is 135 Å². The fraction of sp³-hybridized carbons (Fsp3) is 0.222. The Hall–Kier alpha value is -2.84. The summed E-state index contributed by atoms with van der Waals surface area (Å²) in [5.74, 6) is 4.26. The lowest BCUT2D eigenvalue weighted by Gasteiger charge is -2.10. The summed E-state index contributed by atoms with van der Waals surface area (Å²) < 4.78 is 7.55. The van der Waals surface area contributed by atoms with Crippen molar-refractivity contribution in [2.75, 3.05) is 13.2 Å². The van der Waals surface area contributed by atoms with Crippen molar-refractivity contribution in [3.8, 4) is 18.1 Å². The molecule has 0 aliphatic rings. The highest BCUT2D eigenvalue weighted by Gasteiger charge is 2.05. The second kappa shape index (κ2) is 7.43. The Bertz CT molecular complexity index is 819. The predicted molar refractivity (Wildman–Crippen MR) is 89.2 cm³/mol. The van der Waals surface area contributed by atoms with Crippen molar-refractivity contribution in [1.82, 2.24) is 19.9 Å². The monoisotopic (exact) mass is 306 g/mol. The minimum Gasteiger partial charge on any atom is -0.481 e. The van der Waals surface area contributed by atoms with E-state index >= 15 is 0 Å². The first-order valence-electron chi connectivity index (χ1n) is 7.52. The van der Waals surface area contributed by atoms with Gasteiger partial charge in [0, 0.05) is 31.3 Å². The molecule has 0 spiro atoms. The number of terminal acetylenes is 1. The molecule has 2 aromatic heterocycles. The number of rotatable bonds is 7. The van der Waals surface area contributed by atoms with Crippen LogP contribution in [0.4, 0.5) is 0 Å². The van der Waals surface area contributed by atoms with Gasteiger partial charge < -0.3 is 10.1 Å². The molecule has 0 saturated carbocycles. The first kappa shape index (κ1) is 15.1. The predicted octanol–water partition coefficient (Wildman–Crippen LogP) is 2.07. The fourth-order valence-electron chi connectivity index (χ4n) is 2.39. The Morgan fingerprint density at radius 3 is 2.91 bits per heavy atom. The highest BCUT2D eigenvalue weighted by atomic mass is 16.5. The summed E-state index contributed by atoms with van der Waals surface area (Å²) in [4.78, 5) is 0. The van der Waals surface area contributed by atoms with Crippen LogP contribution < -0.4 is 10.1 Å². The van der Waals surface area contributed by atoms with Gasteiger partial charge >= 0.3 is 0 Å². The van der Waals surface area contributed by atoms with E-state index < -0.39 is 0 Å². The smallest absolute Gasteiger partial charge is 0.160 e. The normalized spacial score (nSPS) is 10.6. The van der Waals surface area contributed by atoms with Crippen molar-refractivity contribution < 1.29 is 4.74 Å². The molecule has 2 heterocycles. The third-order valence-corrected chi connectivity index (χ3v) is 3.51. The molecule has 3 rings (SSSR count). The number of aromatic nitrogens is 3. The molecule has 116 valence electrons. The molecule has 0 atom stereocenters. The summed E-state index contributed by atoms with van der Waals surface area (Å²) in [6, 6.07) is 13.8. The van der Waals surface area contributed by atoms with E-state index in [1.54, 1.807) is 0 Å². The van der Waals surface area contributed by atoms with Crippen LogP contribution in [-0.4, -0.2) is 27.7 Å². The molecule has 0 saturated heterocycles. The second-order valence-electron chi connectivity index (χ2n) is 5.07. The van der Waals surface area contributed by atoms with E-state index in [4.69, 9.17) is 11.2 Å². The van der Waals surface area contributed by atoms with Gasteiger partial charge in [-0.05, 0) is 18.2 Å². The maximum Gasteiger partial charge on any atom is 0.160 e. The lowest BCUT2D eigenvalue weighted by Crippen LogP contribution is -2.18. The molecule has 5 nitrogen and oxygen atoms in total. The van der Waals surface area contributed by atoms with Crippen molar-refractivity contribution in [2.45, 2.75) is 13.0 Å². The number of nitrogens with one attached hydrogen (secondary N) is 1. The van der Waals surface area contributed by atoms with Crippen LogP contribution in [0.3, 0.4) is 0 Å². The molecule has 0 unspecified atom stereocenters. The number of para-hydroxylation sites is 1. The van der Waals surface area contributed by atoms with Crippen LogP contribution in [0.2, 0.25) is 0 Å². The van der Waals surface area contributed by atoms with Crippen molar-refractivity contribution in [3.05, 3.63) is 60.0 Å². The van der Waals surface area contributed by atoms with Gasteiger partial charge in [0.2, 0.25) is 0 Å². The third kappa shape index (κ3) is 3.68. The second-order valence-corrected chi connectivity index (χ2v) is 5.07. The van der Waals surface area contributed by atoms with Gasteiger partial charge in [-0.15, -0.1) is 16.6 Å². The average Bonchev–Trinajstić information content (AvgIpc) is 3.01. The van der Waals surface area contributed by atoms with Gasteiger partial charge in [0.1, 0.15) is 18.2 Å². The molecule has 0 fully saturated rings. The van der Waals surface area contributed by atoms with Crippen LogP contribution in [0.5, 0.6) is 5.75 Å². The van der Waals surface area contributed by atoms with Crippen LogP contribution in [0.1, 0.15) is 11.4 Å². The summed E-state index contributed by atoms with van der Waals surface area (Å²) >= 11 is 0. The number of benzene rings is 1. The van der Waals surface area contributed by atoms with Crippen molar-refractivity contribution >= 4 is 5.65 Å². The van der Waals surface area contributed by atoms with Gasteiger partial charge in [-0.3, -0.25) is 4.40 Å². The Kier molecular flexibility index (Phi) is 4.87. The Morgan fingerprint density at radius 2 is 2.00 bits per heavy atom. The summed E-state index contributed by atoms with van der Waals surface area (Å²) in [7, 11) is 0. The maximum absolute atomic E-state index is 5.54. The van der Waals surface area contributed by atoms with E-state index in [-0.39, 0.29) is 6.61 Å². The van der Waals surface area contributed by atoms with Gasteiger partial charge in [-0.1, -0.05) is 30.2 Å². The zero-order valence-corrected chi connectivity index (χ0v) is 12.8. The van der Waals surface area contributed by atoms with Gasteiger partial charge in [0.25, 0.3) is 0 Å². The number of pyridine rings is 1. The molecule has 1 aromatic carbocycles. The van der Waals surface area contributed by atoms with Crippen LogP contribution in [0.15, 0.2) is 48.7 Å². The molecule has 0 amide bonds. The molecular weight excluding hydrogens is 288 g/mol. The SMILES string of the molecule is C#CCOc1ccccc1CNCCc1nnc2ccccn12. The van der Waals surface area contributed by atoms with E-state index in [0.29, 0.717) is 0 Å². The largest absolute Gasteiger partial charge is 0.481 e. The van der Waals surface area contributed by atoms with Gasteiger partial charge in [0.15, 0.2) is 5.65 Å². The fourth-order valence-corrected chi connectivity index (χ4v) is 2.39. The lowest BCUT2D eigenvalue weighted by atomic mass is 10.2. The summed E-state index contributed by atoms with van der Waals surface area (Å²) in [5.41, 5.74) is 1.96. The first-order chi connectivity index (χ1) is 11.4. The molecule has 0 bridgehead atoms.